The molecule has 142 valence electrons. The molecule has 2 aromatic carbocycles. The van der Waals surface area contributed by atoms with Gasteiger partial charge in [0, 0.05) is 22.8 Å². The van der Waals surface area contributed by atoms with E-state index in [0.29, 0.717) is 22.0 Å². The number of hydrogen-bond acceptors (Lipinski definition) is 4. The van der Waals surface area contributed by atoms with Gasteiger partial charge in [0.2, 0.25) is 17.7 Å². The molecule has 0 radical (unpaired) electrons. The number of nitrogens with zero attached hydrogens (tertiary/aromatic N) is 2. The minimum atomic E-state index is -1.30. The first kappa shape index (κ1) is 17.3. The summed E-state index contributed by atoms with van der Waals surface area (Å²) in [5, 5.41) is 3.27. The van der Waals surface area contributed by atoms with E-state index >= 15 is 0 Å². The van der Waals surface area contributed by atoms with Crippen LogP contribution in [0.3, 0.4) is 0 Å². The minimum Gasteiger partial charge on any atom is -0.324 e. The Hall–Kier alpha value is -2.77. The fourth-order valence-electron chi connectivity index (χ4n) is 4.87. The number of fused-ring (bicyclic) bond motifs is 4. The molecule has 3 heterocycles. The second-order valence-electron chi connectivity index (χ2n) is 7.36. The van der Waals surface area contributed by atoms with Crippen LogP contribution in [0, 0.1) is 17.7 Å². The Morgan fingerprint density at radius 1 is 1.11 bits per heavy atom. The summed E-state index contributed by atoms with van der Waals surface area (Å²) in [6.45, 7) is 0.256. The average molecular weight is 400 g/mol. The second-order valence-corrected chi connectivity index (χ2v) is 7.80. The Bertz CT molecular complexity index is 1060. The van der Waals surface area contributed by atoms with Gasteiger partial charge < -0.3 is 5.32 Å². The molecule has 0 saturated carbocycles. The van der Waals surface area contributed by atoms with Crippen molar-refractivity contribution in [2.45, 2.75) is 5.54 Å². The number of anilines is 2. The third kappa shape index (κ3) is 1.98. The van der Waals surface area contributed by atoms with Gasteiger partial charge in [-0.1, -0.05) is 11.6 Å². The predicted octanol–water partition coefficient (Wildman–Crippen LogP) is 2.38. The fourth-order valence-corrected chi connectivity index (χ4v) is 5.04. The van der Waals surface area contributed by atoms with Gasteiger partial charge in [-0.25, -0.2) is 9.29 Å². The third-order valence-electron chi connectivity index (χ3n) is 6.02. The molecule has 8 heteroatoms. The summed E-state index contributed by atoms with van der Waals surface area (Å²) in [6.07, 6.45) is 0. The van der Waals surface area contributed by atoms with Crippen LogP contribution < -0.4 is 10.2 Å². The highest BCUT2D eigenvalue weighted by molar-refractivity contribution is 6.31. The summed E-state index contributed by atoms with van der Waals surface area (Å²) in [5.41, 5.74) is 0.185. The topological polar surface area (TPSA) is 69.7 Å². The maximum atomic E-state index is 13.4. The number of benzene rings is 2. The average Bonchev–Trinajstić information content (AvgIpc) is 3.21. The van der Waals surface area contributed by atoms with E-state index in [4.69, 9.17) is 11.6 Å². The van der Waals surface area contributed by atoms with Gasteiger partial charge in [0.25, 0.3) is 0 Å². The molecule has 6 nitrogen and oxygen atoms in total. The van der Waals surface area contributed by atoms with Crippen LogP contribution in [0.4, 0.5) is 15.8 Å². The summed E-state index contributed by atoms with van der Waals surface area (Å²) < 4.78 is 13.3. The van der Waals surface area contributed by atoms with E-state index in [1.54, 1.807) is 30.1 Å². The van der Waals surface area contributed by atoms with Crippen LogP contribution in [0.15, 0.2) is 42.5 Å². The highest BCUT2D eigenvalue weighted by atomic mass is 35.5. The first-order chi connectivity index (χ1) is 13.4. The quantitative estimate of drug-likeness (QED) is 0.747. The standard InChI is InChI=1S/C20H15ClFN3O3/c1-24-9-13-16(18(27)25(17(13)26)12-5-3-11(22)4-6-12)20(24)14-8-10(21)2-7-15(14)23-19(20)28/h2-8,13,16H,9H2,1H3,(H,23,28). The van der Waals surface area contributed by atoms with Crippen molar-refractivity contribution >= 4 is 40.7 Å². The van der Waals surface area contributed by atoms with Crippen molar-refractivity contribution < 1.29 is 18.8 Å². The summed E-state index contributed by atoms with van der Waals surface area (Å²) in [6, 6.07) is 10.2. The first-order valence-electron chi connectivity index (χ1n) is 8.82. The zero-order valence-corrected chi connectivity index (χ0v) is 15.5. The van der Waals surface area contributed by atoms with Crippen LogP contribution in [0.1, 0.15) is 5.56 Å². The number of amides is 3. The highest BCUT2D eigenvalue weighted by Gasteiger charge is 2.70. The van der Waals surface area contributed by atoms with Crippen LogP contribution in [0.5, 0.6) is 0 Å². The van der Waals surface area contributed by atoms with Crippen molar-refractivity contribution in [3.05, 3.63) is 58.9 Å². The number of nitrogens with one attached hydrogen (secondary N) is 1. The molecular weight excluding hydrogens is 385 g/mol. The van der Waals surface area contributed by atoms with Crippen LogP contribution in [-0.4, -0.2) is 36.2 Å². The lowest BCUT2D eigenvalue weighted by atomic mass is 9.77. The van der Waals surface area contributed by atoms with Gasteiger partial charge in [-0.3, -0.25) is 19.3 Å². The molecule has 3 aliphatic rings. The predicted molar refractivity (Wildman–Crippen MR) is 100 cm³/mol. The first-order valence-corrected chi connectivity index (χ1v) is 9.19. The van der Waals surface area contributed by atoms with Crippen molar-refractivity contribution in [2.24, 2.45) is 11.8 Å². The smallest absolute Gasteiger partial charge is 0.250 e. The van der Waals surface area contributed by atoms with E-state index in [9.17, 15) is 18.8 Å². The molecule has 1 spiro atoms. The van der Waals surface area contributed by atoms with Crippen molar-refractivity contribution in [1.82, 2.24) is 4.90 Å². The van der Waals surface area contributed by atoms with E-state index in [1.807, 2.05) is 0 Å². The lowest BCUT2D eigenvalue weighted by Gasteiger charge is -2.34. The fraction of sp³-hybridized carbons (Fsp3) is 0.250. The number of hydrogen-bond donors (Lipinski definition) is 1. The third-order valence-corrected chi connectivity index (χ3v) is 6.26. The lowest BCUT2D eigenvalue weighted by Crippen LogP contribution is -2.52. The number of carbonyl (C=O) groups is 3. The molecule has 3 unspecified atom stereocenters. The maximum absolute atomic E-state index is 13.4. The zero-order valence-electron chi connectivity index (χ0n) is 14.8. The Morgan fingerprint density at radius 2 is 1.82 bits per heavy atom. The summed E-state index contributed by atoms with van der Waals surface area (Å²) in [5.74, 6) is -3.20. The van der Waals surface area contributed by atoms with E-state index < -0.39 is 29.1 Å². The molecule has 5 rings (SSSR count). The number of likely N-dealkylation sites (tertiary alicyclic amines) is 1. The Kier molecular flexibility index (Phi) is 3.48. The number of likely N-dealkylation sites (N-methyl/N-ethyl adjacent to an activating group) is 1. The molecule has 0 bridgehead atoms. The normalized spacial score (nSPS) is 28.8. The SMILES string of the molecule is CN1CC2C(=O)N(c3ccc(F)cc3)C(=O)C2C12C(=O)Nc1ccc(Cl)cc12. The van der Waals surface area contributed by atoms with Crippen molar-refractivity contribution in [2.75, 3.05) is 23.8 Å². The van der Waals surface area contributed by atoms with Gasteiger partial charge in [-0.15, -0.1) is 0 Å². The molecule has 0 aromatic heterocycles. The molecule has 2 saturated heterocycles. The van der Waals surface area contributed by atoms with E-state index in [1.165, 1.54) is 24.3 Å². The van der Waals surface area contributed by atoms with E-state index in [-0.39, 0.29) is 18.4 Å². The Labute approximate surface area is 164 Å². The number of carbonyl (C=O) groups excluding carboxylic acids is 3. The van der Waals surface area contributed by atoms with Crippen molar-refractivity contribution in [3.63, 3.8) is 0 Å². The molecule has 3 atom stereocenters. The monoisotopic (exact) mass is 399 g/mol. The van der Waals surface area contributed by atoms with Crippen molar-refractivity contribution in [1.29, 1.82) is 0 Å². The summed E-state index contributed by atoms with van der Waals surface area (Å²) in [7, 11) is 1.73. The largest absolute Gasteiger partial charge is 0.324 e. The molecule has 1 N–H and O–H groups in total. The molecule has 2 aromatic rings. The van der Waals surface area contributed by atoms with Gasteiger partial charge in [-0.05, 0) is 49.5 Å². The van der Waals surface area contributed by atoms with Gasteiger partial charge >= 0.3 is 0 Å². The number of rotatable bonds is 1. The van der Waals surface area contributed by atoms with E-state index in [0.717, 1.165) is 4.90 Å². The Balaban J connectivity index is 1.67. The van der Waals surface area contributed by atoms with Gasteiger partial charge in [-0.2, -0.15) is 0 Å². The van der Waals surface area contributed by atoms with Crippen LogP contribution in [0.25, 0.3) is 0 Å². The molecule has 28 heavy (non-hydrogen) atoms. The molecule has 0 aliphatic carbocycles. The van der Waals surface area contributed by atoms with Gasteiger partial charge in [0.1, 0.15) is 11.4 Å². The molecule has 3 aliphatic heterocycles. The van der Waals surface area contributed by atoms with Crippen LogP contribution >= 0.6 is 11.6 Å². The van der Waals surface area contributed by atoms with Crippen LogP contribution in [0.2, 0.25) is 5.02 Å². The van der Waals surface area contributed by atoms with Crippen molar-refractivity contribution in [3.8, 4) is 0 Å². The van der Waals surface area contributed by atoms with Gasteiger partial charge in [0.15, 0.2) is 0 Å². The number of halogens is 2. The Morgan fingerprint density at radius 3 is 2.54 bits per heavy atom. The van der Waals surface area contributed by atoms with E-state index in [2.05, 4.69) is 5.32 Å². The highest BCUT2D eigenvalue weighted by Crippen LogP contribution is 2.55. The lowest BCUT2D eigenvalue weighted by molar-refractivity contribution is -0.134. The number of imide groups is 1. The van der Waals surface area contributed by atoms with Gasteiger partial charge in [0.05, 0.1) is 17.5 Å². The minimum absolute atomic E-state index is 0.256. The van der Waals surface area contributed by atoms with Crippen LogP contribution in [-0.2, 0) is 19.9 Å². The zero-order chi connectivity index (χ0) is 19.8. The summed E-state index contributed by atoms with van der Waals surface area (Å²) in [4.78, 5) is 42.4. The maximum Gasteiger partial charge on any atom is 0.250 e. The summed E-state index contributed by atoms with van der Waals surface area (Å²) >= 11 is 6.17. The molecule has 3 amide bonds. The second kappa shape index (κ2) is 5.62. The molecular formula is C20H15ClFN3O3. The molecule has 2 fully saturated rings.